The van der Waals surface area contributed by atoms with E-state index in [9.17, 15) is 4.79 Å². The van der Waals surface area contributed by atoms with Gasteiger partial charge in [0.05, 0.1) is 12.2 Å². The summed E-state index contributed by atoms with van der Waals surface area (Å²) in [5.41, 5.74) is 5.86. The zero-order valence-corrected chi connectivity index (χ0v) is 8.44. The van der Waals surface area contributed by atoms with E-state index in [1.54, 1.807) is 24.3 Å². The molecule has 1 aromatic heterocycles. The van der Waals surface area contributed by atoms with Crippen molar-refractivity contribution in [3.8, 4) is 5.69 Å². The lowest BCUT2D eigenvalue weighted by atomic mass is 10.3. The standard InChI is InChI=1S/C9H8ClN3O2/c10-6-2-1-3-7(4-6)13-9(14)15-8(5-11)12-13/h1-4H,5,11H2. The monoisotopic (exact) mass is 225 g/mol. The van der Waals surface area contributed by atoms with E-state index in [1.165, 1.54) is 0 Å². The Kier molecular flexibility index (Phi) is 2.57. The molecule has 0 amide bonds. The Labute approximate surface area is 90.1 Å². The molecule has 5 nitrogen and oxygen atoms in total. The van der Waals surface area contributed by atoms with Gasteiger partial charge in [-0.15, -0.1) is 5.10 Å². The van der Waals surface area contributed by atoms with Crippen molar-refractivity contribution in [2.75, 3.05) is 0 Å². The maximum atomic E-state index is 11.3. The minimum atomic E-state index is -0.572. The zero-order chi connectivity index (χ0) is 10.8. The fourth-order valence-corrected chi connectivity index (χ4v) is 1.35. The van der Waals surface area contributed by atoms with Crippen molar-refractivity contribution in [2.24, 2.45) is 5.73 Å². The molecule has 0 fully saturated rings. The normalized spacial score (nSPS) is 10.5. The fraction of sp³-hybridized carbons (Fsp3) is 0.111. The summed E-state index contributed by atoms with van der Waals surface area (Å²) >= 11 is 5.79. The van der Waals surface area contributed by atoms with Gasteiger partial charge in [-0.25, -0.2) is 4.79 Å². The van der Waals surface area contributed by atoms with Crippen molar-refractivity contribution >= 4 is 11.6 Å². The van der Waals surface area contributed by atoms with Crippen LogP contribution in [0.4, 0.5) is 0 Å². The molecule has 6 heteroatoms. The predicted molar refractivity (Wildman–Crippen MR) is 55.0 cm³/mol. The molecule has 2 N–H and O–H groups in total. The summed E-state index contributed by atoms with van der Waals surface area (Å²) < 4.78 is 5.91. The molecule has 0 saturated heterocycles. The lowest BCUT2D eigenvalue weighted by Crippen LogP contribution is -2.13. The summed E-state index contributed by atoms with van der Waals surface area (Å²) in [5.74, 6) is -0.377. The smallest absolute Gasteiger partial charge is 0.391 e. The van der Waals surface area contributed by atoms with Gasteiger partial charge in [0.1, 0.15) is 0 Å². The molecule has 78 valence electrons. The van der Waals surface area contributed by atoms with Crippen LogP contribution in [-0.4, -0.2) is 9.78 Å². The number of nitrogens with two attached hydrogens (primary N) is 1. The van der Waals surface area contributed by atoms with Crippen LogP contribution in [0.25, 0.3) is 5.69 Å². The average Bonchev–Trinajstić information content (AvgIpc) is 2.60. The van der Waals surface area contributed by atoms with E-state index < -0.39 is 5.76 Å². The Hall–Kier alpha value is -1.59. The minimum absolute atomic E-state index is 0.0861. The molecule has 1 heterocycles. The quantitative estimate of drug-likeness (QED) is 0.826. The van der Waals surface area contributed by atoms with Crippen LogP contribution in [0.1, 0.15) is 5.89 Å². The Balaban J connectivity index is 2.54. The molecule has 0 aliphatic heterocycles. The minimum Gasteiger partial charge on any atom is -0.391 e. The molecule has 0 spiro atoms. The Morgan fingerprint density at radius 3 is 2.93 bits per heavy atom. The van der Waals surface area contributed by atoms with Crippen LogP contribution >= 0.6 is 11.6 Å². The summed E-state index contributed by atoms with van der Waals surface area (Å²) in [4.78, 5) is 11.3. The summed E-state index contributed by atoms with van der Waals surface area (Å²) in [6, 6.07) is 6.75. The largest absolute Gasteiger partial charge is 0.442 e. The van der Waals surface area contributed by atoms with Crippen LogP contribution in [0, 0.1) is 0 Å². The van der Waals surface area contributed by atoms with Gasteiger partial charge in [0.15, 0.2) is 0 Å². The van der Waals surface area contributed by atoms with Crippen LogP contribution in [0.3, 0.4) is 0 Å². The summed E-state index contributed by atoms with van der Waals surface area (Å²) in [7, 11) is 0. The second-order valence-corrected chi connectivity index (χ2v) is 3.29. The third kappa shape index (κ3) is 1.93. The number of halogens is 1. The molecule has 2 rings (SSSR count). The van der Waals surface area contributed by atoms with E-state index in [0.717, 1.165) is 4.68 Å². The van der Waals surface area contributed by atoms with Crippen molar-refractivity contribution in [3.05, 3.63) is 45.7 Å². The van der Waals surface area contributed by atoms with Crippen molar-refractivity contribution in [1.29, 1.82) is 0 Å². The van der Waals surface area contributed by atoms with E-state index in [-0.39, 0.29) is 12.4 Å². The third-order valence-electron chi connectivity index (χ3n) is 1.82. The first-order valence-electron chi connectivity index (χ1n) is 4.26. The van der Waals surface area contributed by atoms with Crippen molar-refractivity contribution in [1.82, 2.24) is 9.78 Å². The van der Waals surface area contributed by atoms with Gasteiger partial charge in [-0.2, -0.15) is 4.68 Å². The molecule has 2 aromatic rings. The van der Waals surface area contributed by atoms with E-state index in [2.05, 4.69) is 5.10 Å². The fourth-order valence-electron chi connectivity index (χ4n) is 1.17. The Morgan fingerprint density at radius 2 is 2.33 bits per heavy atom. The first kappa shape index (κ1) is 9.95. The molecule has 0 bridgehead atoms. The van der Waals surface area contributed by atoms with Gasteiger partial charge in [0.2, 0.25) is 5.89 Å². The zero-order valence-electron chi connectivity index (χ0n) is 7.68. The van der Waals surface area contributed by atoms with Crippen LogP contribution < -0.4 is 11.5 Å². The van der Waals surface area contributed by atoms with Crippen LogP contribution in [0.15, 0.2) is 33.5 Å². The highest BCUT2D eigenvalue weighted by Gasteiger charge is 2.08. The average molecular weight is 226 g/mol. The van der Waals surface area contributed by atoms with Gasteiger partial charge in [-0.3, -0.25) is 0 Å². The SMILES string of the molecule is NCc1nn(-c2cccc(Cl)c2)c(=O)o1. The van der Waals surface area contributed by atoms with Crippen LogP contribution in [-0.2, 0) is 6.54 Å². The van der Waals surface area contributed by atoms with E-state index in [0.29, 0.717) is 10.7 Å². The summed E-state index contributed by atoms with van der Waals surface area (Å²) in [5, 5.41) is 4.42. The van der Waals surface area contributed by atoms with Crippen LogP contribution in [0.2, 0.25) is 5.02 Å². The molecular formula is C9H8ClN3O2. The van der Waals surface area contributed by atoms with Gasteiger partial charge in [0, 0.05) is 5.02 Å². The first-order chi connectivity index (χ1) is 7.20. The number of nitrogens with zero attached hydrogens (tertiary/aromatic N) is 2. The molecular weight excluding hydrogens is 218 g/mol. The number of aromatic nitrogens is 2. The topological polar surface area (TPSA) is 74.0 Å². The van der Waals surface area contributed by atoms with Crippen molar-refractivity contribution in [2.45, 2.75) is 6.54 Å². The van der Waals surface area contributed by atoms with E-state index in [4.69, 9.17) is 21.8 Å². The highest BCUT2D eigenvalue weighted by atomic mass is 35.5. The Bertz CT molecular complexity index is 532. The number of hydrogen-bond donors (Lipinski definition) is 1. The lowest BCUT2D eigenvalue weighted by molar-refractivity contribution is 0.460. The van der Waals surface area contributed by atoms with E-state index >= 15 is 0 Å². The molecule has 0 radical (unpaired) electrons. The number of hydrogen-bond acceptors (Lipinski definition) is 4. The summed E-state index contributed by atoms with van der Waals surface area (Å²) in [6.07, 6.45) is 0. The number of rotatable bonds is 2. The molecule has 0 unspecified atom stereocenters. The van der Waals surface area contributed by atoms with Gasteiger partial charge < -0.3 is 10.2 Å². The number of benzene rings is 1. The molecule has 15 heavy (non-hydrogen) atoms. The van der Waals surface area contributed by atoms with Gasteiger partial charge in [0.25, 0.3) is 0 Å². The Morgan fingerprint density at radius 1 is 1.53 bits per heavy atom. The maximum Gasteiger partial charge on any atom is 0.442 e. The third-order valence-corrected chi connectivity index (χ3v) is 2.05. The van der Waals surface area contributed by atoms with Gasteiger partial charge >= 0.3 is 5.76 Å². The highest BCUT2D eigenvalue weighted by Crippen LogP contribution is 2.12. The van der Waals surface area contributed by atoms with Crippen molar-refractivity contribution in [3.63, 3.8) is 0 Å². The first-order valence-corrected chi connectivity index (χ1v) is 4.63. The van der Waals surface area contributed by atoms with Gasteiger partial charge in [-0.05, 0) is 18.2 Å². The second-order valence-electron chi connectivity index (χ2n) is 2.86. The summed E-state index contributed by atoms with van der Waals surface area (Å²) in [6.45, 7) is 0.0861. The maximum absolute atomic E-state index is 11.3. The molecule has 0 saturated carbocycles. The van der Waals surface area contributed by atoms with Crippen LogP contribution in [0.5, 0.6) is 0 Å². The van der Waals surface area contributed by atoms with E-state index in [1.807, 2.05) is 0 Å². The highest BCUT2D eigenvalue weighted by molar-refractivity contribution is 6.30. The molecule has 1 aromatic carbocycles. The molecule has 0 atom stereocenters. The molecule has 0 aliphatic carbocycles. The lowest BCUT2D eigenvalue weighted by Gasteiger charge is -1.97. The van der Waals surface area contributed by atoms with Crippen molar-refractivity contribution < 1.29 is 4.42 Å². The van der Waals surface area contributed by atoms with Gasteiger partial charge in [-0.1, -0.05) is 17.7 Å². The second kappa shape index (κ2) is 3.88. The molecule has 0 aliphatic rings. The predicted octanol–water partition coefficient (Wildman–Crippen LogP) is 0.938.